The van der Waals surface area contributed by atoms with E-state index in [1.165, 1.54) is 11.8 Å². The molecule has 0 saturated carbocycles. The van der Waals surface area contributed by atoms with Crippen molar-refractivity contribution in [3.05, 3.63) is 42.0 Å². The number of carboxylic acid groups (broad SMARTS) is 1. The molecule has 0 aromatic carbocycles. The van der Waals surface area contributed by atoms with Crippen LogP contribution in [0.15, 0.2) is 35.9 Å². The van der Waals surface area contributed by atoms with Gasteiger partial charge in [0.1, 0.15) is 0 Å². The molecule has 0 aliphatic rings. The number of aromatic nitrogens is 3. The van der Waals surface area contributed by atoms with E-state index in [1.54, 1.807) is 6.20 Å². The average Bonchev–Trinajstić information content (AvgIpc) is 2.78. The van der Waals surface area contributed by atoms with Crippen molar-refractivity contribution in [2.45, 2.75) is 25.0 Å². The second kappa shape index (κ2) is 5.88. The molecule has 0 radical (unpaired) electrons. The average molecular weight is 277 g/mol. The van der Waals surface area contributed by atoms with Crippen LogP contribution in [0.4, 0.5) is 0 Å². The molecule has 0 fully saturated rings. The Bertz CT molecular complexity index is 569. The third-order valence-corrected chi connectivity index (χ3v) is 3.68. The van der Waals surface area contributed by atoms with E-state index >= 15 is 0 Å². The maximum atomic E-state index is 10.7. The van der Waals surface area contributed by atoms with E-state index in [2.05, 4.69) is 9.97 Å². The third-order valence-electron chi connectivity index (χ3n) is 2.73. The maximum absolute atomic E-state index is 10.7. The number of rotatable bonds is 5. The lowest BCUT2D eigenvalue weighted by atomic mass is 10.1. The molecule has 1 N–H and O–H groups in total. The van der Waals surface area contributed by atoms with Crippen LogP contribution in [-0.2, 0) is 4.79 Å². The van der Waals surface area contributed by atoms with E-state index in [1.807, 2.05) is 42.9 Å². The van der Waals surface area contributed by atoms with Crippen LogP contribution in [-0.4, -0.2) is 31.4 Å². The van der Waals surface area contributed by atoms with Crippen LogP contribution in [0.3, 0.4) is 0 Å². The highest BCUT2D eigenvalue weighted by molar-refractivity contribution is 7.99. The van der Waals surface area contributed by atoms with Gasteiger partial charge in [-0.15, -0.1) is 0 Å². The summed E-state index contributed by atoms with van der Waals surface area (Å²) in [6.07, 6.45) is 5.48. The van der Waals surface area contributed by atoms with Gasteiger partial charge in [-0.05, 0) is 25.5 Å². The summed E-state index contributed by atoms with van der Waals surface area (Å²) in [5.74, 6) is -0.831. The molecular weight excluding hydrogens is 262 g/mol. The number of hydrogen-bond donors (Lipinski definition) is 1. The number of hydrogen-bond acceptors (Lipinski definition) is 4. The van der Waals surface area contributed by atoms with E-state index in [-0.39, 0.29) is 11.8 Å². The molecule has 2 aromatic rings. The number of pyridine rings is 1. The fraction of sp³-hybridized carbons (Fsp3) is 0.308. The topological polar surface area (TPSA) is 68.0 Å². The predicted octanol–water partition coefficient (Wildman–Crippen LogP) is 2.37. The minimum absolute atomic E-state index is 0.0101. The number of thioether (sulfide) groups is 1. The molecule has 0 aliphatic heterocycles. The molecule has 0 saturated heterocycles. The number of carbonyl (C=O) groups is 1. The minimum atomic E-state index is -0.841. The molecule has 100 valence electrons. The van der Waals surface area contributed by atoms with Crippen LogP contribution in [0, 0.1) is 6.92 Å². The molecule has 0 bridgehead atoms. The van der Waals surface area contributed by atoms with Crippen LogP contribution in [0.2, 0.25) is 0 Å². The van der Waals surface area contributed by atoms with Gasteiger partial charge in [0.2, 0.25) is 0 Å². The summed E-state index contributed by atoms with van der Waals surface area (Å²) >= 11 is 1.23. The molecule has 2 aromatic heterocycles. The number of carboxylic acids is 1. The van der Waals surface area contributed by atoms with Gasteiger partial charge in [0.05, 0.1) is 17.5 Å². The summed E-state index contributed by atoms with van der Waals surface area (Å²) in [7, 11) is 0. The number of aliphatic carboxylic acids is 1. The van der Waals surface area contributed by atoms with Gasteiger partial charge in [-0.1, -0.05) is 17.8 Å². The second-order valence-corrected chi connectivity index (χ2v) is 5.16. The summed E-state index contributed by atoms with van der Waals surface area (Å²) in [6.45, 7) is 3.94. The lowest BCUT2D eigenvalue weighted by Crippen LogP contribution is -2.08. The number of aryl methyl sites for hydroxylation is 1. The predicted molar refractivity (Wildman–Crippen MR) is 73.4 cm³/mol. The molecule has 1 unspecified atom stereocenters. The molecule has 5 nitrogen and oxygen atoms in total. The Labute approximate surface area is 115 Å². The zero-order chi connectivity index (χ0) is 13.8. The van der Waals surface area contributed by atoms with Crippen molar-refractivity contribution in [2.75, 3.05) is 5.75 Å². The third kappa shape index (κ3) is 3.35. The van der Waals surface area contributed by atoms with Crippen molar-refractivity contribution in [3.8, 4) is 0 Å². The molecule has 0 aliphatic carbocycles. The van der Waals surface area contributed by atoms with Crippen molar-refractivity contribution in [1.82, 2.24) is 14.5 Å². The van der Waals surface area contributed by atoms with Gasteiger partial charge in [-0.2, -0.15) is 0 Å². The van der Waals surface area contributed by atoms with Gasteiger partial charge >= 0.3 is 5.97 Å². The Hall–Kier alpha value is -1.82. The van der Waals surface area contributed by atoms with E-state index < -0.39 is 5.97 Å². The maximum Gasteiger partial charge on any atom is 0.313 e. The first-order chi connectivity index (χ1) is 9.08. The van der Waals surface area contributed by atoms with Gasteiger partial charge in [-0.25, -0.2) is 4.98 Å². The summed E-state index contributed by atoms with van der Waals surface area (Å²) in [5, 5.41) is 9.48. The molecule has 0 spiro atoms. The zero-order valence-corrected chi connectivity index (χ0v) is 11.6. The molecule has 2 heterocycles. The van der Waals surface area contributed by atoms with E-state index in [4.69, 9.17) is 5.11 Å². The van der Waals surface area contributed by atoms with Crippen LogP contribution in [0.25, 0.3) is 0 Å². The molecule has 0 amide bonds. The molecule has 2 rings (SSSR count). The van der Waals surface area contributed by atoms with E-state index in [9.17, 15) is 4.79 Å². The Morgan fingerprint density at radius 3 is 3.00 bits per heavy atom. The first kappa shape index (κ1) is 13.6. The number of imidazole rings is 1. The zero-order valence-electron chi connectivity index (χ0n) is 10.8. The largest absolute Gasteiger partial charge is 0.481 e. The van der Waals surface area contributed by atoms with Crippen molar-refractivity contribution >= 4 is 17.7 Å². The van der Waals surface area contributed by atoms with Crippen molar-refractivity contribution < 1.29 is 9.90 Å². The smallest absolute Gasteiger partial charge is 0.313 e. The molecular formula is C13H15N3O2S. The van der Waals surface area contributed by atoms with E-state index in [0.29, 0.717) is 0 Å². The first-order valence-electron chi connectivity index (χ1n) is 5.88. The van der Waals surface area contributed by atoms with Crippen LogP contribution in [0.1, 0.15) is 24.2 Å². The lowest BCUT2D eigenvalue weighted by molar-refractivity contribution is -0.133. The van der Waals surface area contributed by atoms with Crippen molar-refractivity contribution in [2.24, 2.45) is 0 Å². The standard InChI is InChI=1S/C13H15N3O2S/c1-9-7-16(13(15-9)19-8-12(17)18)10(2)11-4-3-5-14-6-11/h3-7,10H,8H2,1-2H3,(H,17,18). The second-order valence-electron chi connectivity index (χ2n) is 4.22. The first-order valence-corrected chi connectivity index (χ1v) is 6.86. The van der Waals surface area contributed by atoms with Gasteiger partial charge < -0.3 is 9.67 Å². The highest BCUT2D eigenvalue weighted by Gasteiger charge is 2.15. The summed E-state index contributed by atoms with van der Waals surface area (Å²) in [6, 6.07) is 3.96. The number of nitrogens with zero attached hydrogens (tertiary/aromatic N) is 3. The molecule has 6 heteroatoms. The molecule has 1 atom stereocenters. The fourth-order valence-electron chi connectivity index (χ4n) is 1.79. The van der Waals surface area contributed by atoms with Crippen molar-refractivity contribution in [1.29, 1.82) is 0 Å². The van der Waals surface area contributed by atoms with Gasteiger partial charge in [0.15, 0.2) is 5.16 Å². The van der Waals surface area contributed by atoms with Crippen LogP contribution >= 0.6 is 11.8 Å². The summed E-state index contributed by atoms with van der Waals surface area (Å²) in [5.41, 5.74) is 1.95. The van der Waals surface area contributed by atoms with Crippen LogP contribution < -0.4 is 0 Å². The van der Waals surface area contributed by atoms with Gasteiger partial charge in [-0.3, -0.25) is 9.78 Å². The quantitative estimate of drug-likeness (QED) is 0.850. The van der Waals surface area contributed by atoms with Crippen LogP contribution in [0.5, 0.6) is 0 Å². The highest BCUT2D eigenvalue weighted by atomic mass is 32.2. The normalized spacial score (nSPS) is 12.3. The Balaban J connectivity index is 2.26. The van der Waals surface area contributed by atoms with Gasteiger partial charge in [0.25, 0.3) is 0 Å². The SMILES string of the molecule is Cc1cn(C(C)c2cccnc2)c(SCC(=O)O)n1. The minimum Gasteiger partial charge on any atom is -0.481 e. The molecule has 19 heavy (non-hydrogen) atoms. The van der Waals surface area contributed by atoms with E-state index in [0.717, 1.165) is 16.4 Å². The Kier molecular flexibility index (Phi) is 4.21. The Morgan fingerprint density at radius 2 is 2.37 bits per heavy atom. The fourth-order valence-corrected chi connectivity index (χ4v) is 2.61. The summed E-state index contributed by atoms with van der Waals surface area (Å²) in [4.78, 5) is 19.1. The Morgan fingerprint density at radius 1 is 1.58 bits per heavy atom. The lowest BCUT2D eigenvalue weighted by Gasteiger charge is -2.15. The van der Waals surface area contributed by atoms with Gasteiger partial charge in [0, 0.05) is 18.6 Å². The summed E-state index contributed by atoms with van der Waals surface area (Å²) < 4.78 is 1.99. The van der Waals surface area contributed by atoms with Crippen molar-refractivity contribution in [3.63, 3.8) is 0 Å². The highest BCUT2D eigenvalue weighted by Crippen LogP contribution is 2.25. The monoisotopic (exact) mass is 277 g/mol.